The van der Waals surface area contributed by atoms with Crippen LogP contribution in [0.1, 0.15) is 51.0 Å². The number of anilines is 1. The Morgan fingerprint density at radius 1 is 1.07 bits per heavy atom. The second-order valence-corrected chi connectivity index (χ2v) is 7.95. The van der Waals surface area contributed by atoms with Gasteiger partial charge in [-0.1, -0.05) is 32.0 Å². The van der Waals surface area contributed by atoms with Gasteiger partial charge in [0.15, 0.2) is 5.82 Å². The Hall–Kier alpha value is -2.09. The van der Waals surface area contributed by atoms with E-state index >= 15 is 0 Å². The number of halogens is 3. The highest BCUT2D eigenvalue weighted by Crippen LogP contribution is 2.32. The molecule has 3 rings (SSSR count). The summed E-state index contributed by atoms with van der Waals surface area (Å²) in [6.45, 7) is 10.8. The molecule has 0 radical (unpaired) electrons. The fourth-order valence-corrected chi connectivity index (χ4v) is 3.11. The molecule has 0 N–H and O–H groups in total. The first-order valence-electron chi connectivity index (χ1n) is 9.06. The molecule has 1 aliphatic rings. The van der Waals surface area contributed by atoms with Gasteiger partial charge in [-0.3, -0.25) is 4.90 Å². The molecule has 0 bridgehead atoms. The first-order chi connectivity index (χ1) is 12.6. The van der Waals surface area contributed by atoms with Crippen LogP contribution in [0, 0.1) is 0 Å². The van der Waals surface area contributed by atoms with Crippen molar-refractivity contribution in [2.24, 2.45) is 0 Å². The Morgan fingerprint density at radius 3 is 2.30 bits per heavy atom. The number of alkyl halides is 3. The molecular weight excluding hydrogens is 357 g/mol. The van der Waals surface area contributed by atoms with Gasteiger partial charge in [0.05, 0.1) is 11.6 Å². The van der Waals surface area contributed by atoms with Gasteiger partial charge in [-0.15, -0.1) is 0 Å². The Kier molecular flexibility index (Phi) is 5.20. The number of nitrogens with zero attached hydrogens (tertiary/aromatic N) is 4. The summed E-state index contributed by atoms with van der Waals surface area (Å²) in [4.78, 5) is 8.71. The molecule has 1 atom stereocenters. The normalized spacial score (nSPS) is 18.0. The molecule has 0 saturated carbocycles. The van der Waals surface area contributed by atoms with Crippen molar-refractivity contribution in [2.45, 2.75) is 45.3 Å². The van der Waals surface area contributed by atoms with Gasteiger partial charge in [0.1, 0.15) is 0 Å². The molecule has 1 aromatic carbocycles. The zero-order chi connectivity index (χ0) is 19.8. The maximum atomic E-state index is 12.9. The van der Waals surface area contributed by atoms with Gasteiger partial charge >= 0.3 is 6.18 Å². The van der Waals surface area contributed by atoms with Crippen molar-refractivity contribution in [3.8, 4) is 0 Å². The van der Waals surface area contributed by atoms with E-state index in [0.29, 0.717) is 43.6 Å². The number of rotatable bonds is 3. The summed E-state index contributed by atoms with van der Waals surface area (Å²) in [5, 5.41) is 4.07. The average molecular weight is 382 g/mol. The summed E-state index contributed by atoms with van der Waals surface area (Å²) >= 11 is 0. The van der Waals surface area contributed by atoms with E-state index in [1.54, 1.807) is 6.07 Å². The molecular formula is C19H25F3N4O. The van der Waals surface area contributed by atoms with Crippen LogP contribution >= 0.6 is 0 Å². The molecule has 8 heteroatoms. The number of hydrogen-bond donors (Lipinski definition) is 0. The maximum Gasteiger partial charge on any atom is 0.416 e. The van der Waals surface area contributed by atoms with Crippen molar-refractivity contribution in [2.75, 3.05) is 31.1 Å². The third-order valence-electron chi connectivity index (χ3n) is 4.87. The lowest BCUT2D eigenvalue weighted by atomic mass is 9.96. The van der Waals surface area contributed by atoms with Gasteiger partial charge in [-0.25, -0.2) is 0 Å². The van der Waals surface area contributed by atoms with E-state index in [1.807, 2.05) is 32.6 Å². The third kappa shape index (κ3) is 4.43. The fourth-order valence-electron chi connectivity index (χ4n) is 3.11. The van der Waals surface area contributed by atoms with E-state index in [4.69, 9.17) is 4.52 Å². The van der Waals surface area contributed by atoms with Crippen LogP contribution in [0.3, 0.4) is 0 Å². The minimum Gasteiger partial charge on any atom is -0.369 e. The molecule has 5 nitrogen and oxygen atoms in total. The van der Waals surface area contributed by atoms with Gasteiger partial charge in [0.2, 0.25) is 5.89 Å². The summed E-state index contributed by atoms with van der Waals surface area (Å²) in [6.07, 6.45) is -4.32. The van der Waals surface area contributed by atoms with E-state index in [2.05, 4.69) is 15.0 Å². The molecule has 1 fully saturated rings. The summed E-state index contributed by atoms with van der Waals surface area (Å²) in [7, 11) is 0. The van der Waals surface area contributed by atoms with Crippen molar-refractivity contribution in [3.63, 3.8) is 0 Å². The molecule has 1 unspecified atom stereocenters. The molecule has 0 spiro atoms. The minimum absolute atomic E-state index is 0.0303. The van der Waals surface area contributed by atoms with Crippen molar-refractivity contribution >= 4 is 5.69 Å². The summed E-state index contributed by atoms with van der Waals surface area (Å²) < 4.78 is 44.2. The van der Waals surface area contributed by atoms with Crippen LogP contribution in [0.25, 0.3) is 0 Å². The lowest BCUT2D eigenvalue weighted by molar-refractivity contribution is -0.137. The zero-order valence-corrected chi connectivity index (χ0v) is 16.0. The van der Waals surface area contributed by atoms with Crippen molar-refractivity contribution in [1.29, 1.82) is 0 Å². The number of aromatic nitrogens is 2. The Labute approximate surface area is 157 Å². The largest absolute Gasteiger partial charge is 0.416 e. The highest BCUT2D eigenvalue weighted by molar-refractivity contribution is 5.49. The van der Waals surface area contributed by atoms with Crippen LogP contribution in [0.2, 0.25) is 0 Å². The maximum absolute atomic E-state index is 12.9. The summed E-state index contributed by atoms with van der Waals surface area (Å²) in [5.41, 5.74) is -0.190. The Morgan fingerprint density at radius 2 is 1.74 bits per heavy atom. The molecule has 148 valence electrons. The van der Waals surface area contributed by atoms with Gasteiger partial charge in [0.25, 0.3) is 0 Å². The molecule has 1 saturated heterocycles. The van der Waals surface area contributed by atoms with Crippen LogP contribution in [0.4, 0.5) is 18.9 Å². The summed E-state index contributed by atoms with van der Waals surface area (Å²) in [6, 6.07) is 5.47. The van der Waals surface area contributed by atoms with E-state index in [0.717, 1.165) is 6.07 Å². The van der Waals surface area contributed by atoms with Crippen LogP contribution in [0.15, 0.2) is 28.8 Å². The van der Waals surface area contributed by atoms with E-state index in [9.17, 15) is 13.2 Å². The topological polar surface area (TPSA) is 45.4 Å². The first kappa shape index (κ1) is 19.7. The van der Waals surface area contributed by atoms with Gasteiger partial charge in [-0.05, 0) is 25.1 Å². The van der Waals surface area contributed by atoms with Crippen molar-refractivity contribution in [1.82, 2.24) is 15.0 Å². The van der Waals surface area contributed by atoms with Gasteiger partial charge in [0, 0.05) is 37.3 Å². The van der Waals surface area contributed by atoms with E-state index in [-0.39, 0.29) is 11.5 Å². The second kappa shape index (κ2) is 7.14. The van der Waals surface area contributed by atoms with Crippen LogP contribution in [0.5, 0.6) is 0 Å². The first-order valence-corrected chi connectivity index (χ1v) is 9.06. The molecule has 0 aliphatic carbocycles. The molecule has 1 aromatic heterocycles. The predicted molar refractivity (Wildman–Crippen MR) is 96.6 cm³/mol. The Balaban J connectivity index is 1.64. The van der Waals surface area contributed by atoms with Crippen LogP contribution in [-0.2, 0) is 11.6 Å². The molecule has 2 aromatic rings. The monoisotopic (exact) mass is 382 g/mol. The predicted octanol–water partition coefficient (Wildman–Crippen LogP) is 4.27. The smallest absolute Gasteiger partial charge is 0.369 e. The number of piperazine rings is 1. The van der Waals surface area contributed by atoms with Crippen molar-refractivity contribution in [3.05, 3.63) is 41.5 Å². The van der Waals surface area contributed by atoms with E-state index in [1.165, 1.54) is 12.1 Å². The van der Waals surface area contributed by atoms with Crippen molar-refractivity contribution < 1.29 is 17.7 Å². The SMILES string of the molecule is CC(c1nc(C(C)(C)C)no1)N1CCN(c2cccc(C(F)(F)F)c2)CC1. The molecule has 1 aliphatic heterocycles. The number of hydrogen-bond acceptors (Lipinski definition) is 5. The van der Waals surface area contributed by atoms with Gasteiger partial charge in [-0.2, -0.15) is 18.2 Å². The quantitative estimate of drug-likeness (QED) is 0.793. The third-order valence-corrected chi connectivity index (χ3v) is 4.87. The average Bonchev–Trinajstić information content (AvgIpc) is 3.11. The minimum atomic E-state index is -4.32. The second-order valence-electron chi connectivity index (χ2n) is 7.95. The van der Waals surface area contributed by atoms with E-state index < -0.39 is 11.7 Å². The zero-order valence-electron chi connectivity index (χ0n) is 16.0. The standard InChI is InChI=1S/C19H25F3N4O/c1-13(16-23-17(24-27-16)18(2,3)4)25-8-10-26(11-9-25)15-7-5-6-14(12-15)19(20,21)22/h5-7,12-13H,8-11H2,1-4H3. The molecule has 27 heavy (non-hydrogen) atoms. The van der Waals surface area contributed by atoms with Crippen LogP contribution < -0.4 is 4.90 Å². The highest BCUT2D eigenvalue weighted by Gasteiger charge is 2.32. The van der Waals surface area contributed by atoms with Gasteiger partial charge < -0.3 is 9.42 Å². The molecule has 0 amide bonds. The van der Waals surface area contributed by atoms with Crippen LogP contribution in [-0.4, -0.2) is 41.2 Å². The lowest BCUT2D eigenvalue weighted by Gasteiger charge is -2.38. The number of benzene rings is 1. The fraction of sp³-hybridized carbons (Fsp3) is 0.579. The Bertz CT molecular complexity index is 774. The summed E-state index contributed by atoms with van der Waals surface area (Å²) in [5.74, 6) is 1.25. The highest BCUT2D eigenvalue weighted by atomic mass is 19.4. The lowest BCUT2D eigenvalue weighted by Crippen LogP contribution is -2.47. The molecule has 2 heterocycles.